The molecular weight excluding hydrogens is 1000 g/mol. The summed E-state index contributed by atoms with van der Waals surface area (Å²) in [5.74, 6) is -1.24. The number of fused-ring (bicyclic) bond motifs is 1. The second-order valence-electron chi connectivity index (χ2n) is 19.2. The molecule has 22 heteroatoms. The van der Waals surface area contributed by atoms with Crippen molar-refractivity contribution in [2.75, 3.05) is 130 Å². The maximum Gasteiger partial charge on any atom is 0.322 e. The number of hydrogen-bond donors (Lipinski definition) is 9. The summed E-state index contributed by atoms with van der Waals surface area (Å²) in [5, 5.41) is 44.6. The van der Waals surface area contributed by atoms with Gasteiger partial charge in [0, 0.05) is 150 Å². The number of nitrogens with zero attached hydrogens (tertiary/aromatic N) is 6. The molecule has 5 aromatic rings. The highest BCUT2D eigenvalue weighted by molar-refractivity contribution is 5.97. The number of carbonyl (C=O) groups is 3. The van der Waals surface area contributed by atoms with Crippen molar-refractivity contribution in [1.82, 2.24) is 55.4 Å². The molecule has 1 saturated heterocycles. The first kappa shape index (κ1) is 61.1. The van der Waals surface area contributed by atoms with Crippen molar-refractivity contribution < 1.29 is 43.9 Å². The lowest BCUT2D eigenvalue weighted by Gasteiger charge is -2.32. The number of carboxylic acids is 1. The first-order valence-electron chi connectivity index (χ1n) is 26.6. The van der Waals surface area contributed by atoms with Crippen molar-refractivity contribution in [3.8, 4) is 11.1 Å². The lowest BCUT2D eigenvalue weighted by atomic mass is 10.0. The van der Waals surface area contributed by atoms with Gasteiger partial charge in [-0.05, 0) is 59.3 Å². The van der Waals surface area contributed by atoms with E-state index >= 15 is 0 Å². The van der Waals surface area contributed by atoms with Crippen molar-refractivity contribution in [3.05, 3.63) is 132 Å². The molecule has 1 aliphatic rings. The monoisotopic (exact) mass is 1080 g/mol. The fourth-order valence-corrected chi connectivity index (χ4v) is 8.59. The number of aromatic nitrogens is 3. The molecule has 4 radical (unpaired) electrons. The van der Waals surface area contributed by atoms with Gasteiger partial charge in [0.2, 0.25) is 11.3 Å². The minimum absolute atomic E-state index is 0.0748. The fourth-order valence-electron chi connectivity index (χ4n) is 8.59. The molecule has 422 valence electrons. The number of aliphatic hydroxyl groups excluding tert-OH is 1. The number of β-amino-alcohol motifs (C(OH)–C–C–N with tert-alkyl or cyclic N) is 2. The third-order valence-corrected chi connectivity index (χ3v) is 13.1. The van der Waals surface area contributed by atoms with E-state index in [0.717, 1.165) is 47.3 Å². The summed E-state index contributed by atoms with van der Waals surface area (Å²) >= 11 is 0. The van der Waals surface area contributed by atoms with E-state index in [2.05, 4.69) is 60.8 Å². The molecule has 9 N–H and O–H groups in total. The number of imidazole rings is 1. The first-order valence-corrected chi connectivity index (χ1v) is 26.6. The molecular formula is C56H78N12O10. The van der Waals surface area contributed by atoms with E-state index in [1.54, 1.807) is 39.9 Å². The summed E-state index contributed by atoms with van der Waals surface area (Å²) in [7, 11) is 13.9. The number of amides is 2. The predicted molar refractivity (Wildman–Crippen MR) is 297 cm³/mol. The van der Waals surface area contributed by atoms with E-state index in [4.69, 9.17) is 28.3 Å². The molecule has 0 saturated carbocycles. The van der Waals surface area contributed by atoms with Crippen LogP contribution in [0.5, 0.6) is 0 Å². The van der Waals surface area contributed by atoms with Gasteiger partial charge in [0.25, 0.3) is 5.91 Å². The second kappa shape index (κ2) is 33.3. The van der Waals surface area contributed by atoms with E-state index < -0.39 is 29.6 Å². The SMILES string of the molecule is [CH]N1CCN([CH])CCN(CC(O)O)CCN(CC(=O)NCCCOCCOCCOCCCNCc2ccc(-c3ccc(CNC(CNC(=O)c4cn(C)c5cc(CNc6ncc[nH]6)ccc5c4=O)C(=O)O)cc3)cc2)CC1. The molecule has 0 aliphatic carbocycles. The molecule has 3 aromatic carbocycles. The maximum absolute atomic E-state index is 13.4. The van der Waals surface area contributed by atoms with Gasteiger partial charge in [-0.3, -0.25) is 44.1 Å². The summed E-state index contributed by atoms with van der Waals surface area (Å²) in [5.41, 5.74) is 5.16. The second-order valence-corrected chi connectivity index (χ2v) is 19.2. The molecule has 6 rings (SSSR count). The third-order valence-electron chi connectivity index (χ3n) is 13.1. The molecule has 3 heterocycles. The molecule has 22 nitrogen and oxygen atoms in total. The number of benzene rings is 3. The van der Waals surface area contributed by atoms with Crippen molar-refractivity contribution in [3.63, 3.8) is 0 Å². The highest BCUT2D eigenvalue weighted by Crippen LogP contribution is 2.21. The average Bonchev–Trinajstić information content (AvgIpc) is 3.99. The Kier molecular flexibility index (Phi) is 26.1. The van der Waals surface area contributed by atoms with Crippen LogP contribution in [0, 0.1) is 14.1 Å². The number of carbonyl (C=O) groups excluding carboxylic acids is 2. The third kappa shape index (κ3) is 21.6. The number of hydrogen-bond acceptors (Lipinski definition) is 17. The van der Waals surface area contributed by atoms with Gasteiger partial charge in [0.1, 0.15) is 11.6 Å². The molecule has 1 aliphatic heterocycles. The number of pyridine rings is 1. The Morgan fingerprint density at radius 2 is 1.29 bits per heavy atom. The Morgan fingerprint density at radius 3 is 1.92 bits per heavy atom. The summed E-state index contributed by atoms with van der Waals surface area (Å²) < 4.78 is 18.7. The van der Waals surface area contributed by atoms with Gasteiger partial charge in [-0.1, -0.05) is 54.6 Å². The lowest BCUT2D eigenvalue weighted by molar-refractivity contribution is -0.139. The summed E-state index contributed by atoms with van der Waals surface area (Å²) in [6.45, 7) is 10.4. The highest BCUT2D eigenvalue weighted by Gasteiger charge is 2.22. The van der Waals surface area contributed by atoms with Gasteiger partial charge in [0.15, 0.2) is 12.2 Å². The standard InChI is InChI=1S/C56H78N12O10/c1-64-20-21-65(2)23-25-68(41-52(70)71)27-26-67(24-22-64)40-51(69)58-17-5-29-77-31-33-78-32-30-76-28-4-16-57-35-42-6-11-45(12-7-42)46-13-8-43(9-14-46)36-61-49(55(74)75)38-62-54(73)48-39-66(3)50-34-44(10-15-47(50)53(48)72)37-63-56-59-18-19-60-56/h1-2,6-15,18-19,34,39,49,52,57,61,70-71H,4-5,16-17,20-33,35-38,40-41H2,3H3,(H,58,69)(H,62,73)(H,74,75)(H2,59,60,63). The quantitative estimate of drug-likeness (QED) is 0.0225. The van der Waals surface area contributed by atoms with E-state index in [0.29, 0.717) is 128 Å². The topological polar surface area (TPSA) is 263 Å². The predicted octanol–water partition coefficient (Wildman–Crippen LogP) is 1.42. The normalized spacial score (nSPS) is 15.0. The molecule has 1 atom stereocenters. The van der Waals surface area contributed by atoms with Crippen LogP contribution in [-0.2, 0) is 50.5 Å². The first-order chi connectivity index (χ1) is 37.8. The summed E-state index contributed by atoms with van der Waals surface area (Å²) in [4.78, 5) is 65.9. The largest absolute Gasteiger partial charge is 0.480 e. The molecule has 0 spiro atoms. The van der Waals surface area contributed by atoms with Crippen LogP contribution in [0.1, 0.15) is 39.9 Å². The van der Waals surface area contributed by atoms with Crippen molar-refractivity contribution in [1.29, 1.82) is 0 Å². The van der Waals surface area contributed by atoms with Crippen LogP contribution in [0.4, 0.5) is 5.95 Å². The molecule has 1 fully saturated rings. The number of aliphatic hydroxyl groups is 2. The van der Waals surface area contributed by atoms with E-state index in [9.17, 15) is 34.5 Å². The Morgan fingerprint density at radius 1 is 0.718 bits per heavy atom. The van der Waals surface area contributed by atoms with Gasteiger partial charge in [-0.2, -0.15) is 0 Å². The van der Waals surface area contributed by atoms with E-state index in [1.807, 2.05) is 46.2 Å². The smallest absolute Gasteiger partial charge is 0.322 e. The minimum atomic E-state index is -1.45. The number of anilines is 1. The fraction of sp³-hybridized carbons (Fsp3) is 0.482. The zero-order valence-electron chi connectivity index (χ0n) is 44.7. The van der Waals surface area contributed by atoms with Crippen molar-refractivity contribution in [2.45, 2.75) is 44.8 Å². The zero-order valence-corrected chi connectivity index (χ0v) is 44.7. The Bertz CT molecular complexity index is 2620. The minimum Gasteiger partial charge on any atom is -0.480 e. The number of nitrogens with one attached hydrogen (secondary N) is 6. The number of aryl methyl sites for hydroxylation is 1. The number of aliphatic carboxylic acids is 1. The molecule has 1 unspecified atom stereocenters. The maximum atomic E-state index is 13.4. The molecule has 2 amide bonds. The van der Waals surface area contributed by atoms with Crippen LogP contribution in [-0.4, -0.2) is 204 Å². The number of aromatic amines is 1. The number of ether oxygens (including phenoxy) is 3. The van der Waals surface area contributed by atoms with Gasteiger partial charge in [-0.25, -0.2) is 4.98 Å². The average molecular weight is 1080 g/mol. The van der Waals surface area contributed by atoms with Crippen LogP contribution in [0.3, 0.4) is 0 Å². The zero-order chi connectivity index (χ0) is 55.5. The Hall–Kier alpha value is -6.15. The number of carboxylic acid groups (broad SMARTS) is 1. The number of rotatable bonds is 31. The lowest BCUT2D eigenvalue weighted by Crippen LogP contribution is -2.47. The number of H-pyrrole nitrogens is 1. The Labute approximate surface area is 457 Å². The van der Waals surface area contributed by atoms with Gasteiger partial charge < -0.3 is 60.3 Å². The van der Waals surface area contributed by atoms with Crippen LogP contribution in [0.15, 0.2) is 90.1 Å². The van der Waals surface area contributed by atoms with E-state index in [-0.39, 0.29) is 37.6 Å². The van der Waals surface area contributed by atoms with Crippen LogP contribution in [0.2, 0.25) is 0 Å². The van der Waals surface area contributed by atoms with Crippen LogP contribution >= 0.6 is 0 Å². The van der Waals surface area contributed by atoms with Gasteiger partial charge in [-0.15, -0.1) is 0 Å². The van der Waals surface area contributed by atoms with Crippen molar-refractivity contribution in [2.24, 2.45) is 7.05 Å². The summed E-state index contributed by atoms with van der Waals surface area (Å²) in [6, 6.07) is 20.4. The van der Waals surface area contributed by atoms with Crippen LogP contribution in [0.25, 0.3) is 22.0 Å². The molecule has 2 aromatic heterocycles. The van der Waals surface area contributed by atoms with E-state index in [1.165, 1.54) is 6.20 Å². The van der Waals surface area contributed by atoms with Gasteiger partial charge in [0.05, 0.1) is 38.5 Å². The molecule has 0 bridgehead atoms. The highest BCUT2D eigenvalue weighted by atomic mass is 16.5. The summed E-state index contributed by atoms with van der Waals surface area (Å²) in [6.07, 6.45) is 4.91. The molecule has 78 heavy (non-hydrogen) atoms. The van der Waals surface area contributed by atoms with Crippen molar-refractivity contribution >= 4 is 34.6 Å². The Balaban J connectivity index is 0.770. The van der Waals surface area contributed by atoms with Gasteiger partial charge >= 0.3 is 5.97 Å². The van der Waals surface area contributed by atoms with Crippen LogP contribution < -0.4 is 32.0 Å².